The van der Waals surface area contributed by atoms with E-state index < -0.39 is 0 Å². The summed E-state index contributed by atoms with van der Waals surface area (Å²) in [6, 6.07) is 6.09. The van der Waals surface area contributed by atoms with Crippen LogP contribution in [0, 0.1) is 5.41 Å². The highest BCUT2D eigenvalue weighted by Gasteiger charge is 2.27. The highest BCUT2D eigenvalue weighted by atomic mass is 16.5. The van der Waals surface area contributed by atoms with E-state index in [9.17, 15) is 5.11 Å². The second-order valence-electron chi connectivity index (χ2n) is 6.75. The number of aromatic hydroxyl groups is 1. The zero-order valence-electron chi connectivity index (χ0n) is 13.1. The summed E-state index contributed by atoms with van der Waals surface area (Å²) >= 11 is 0. The van der Waals surface area contributed by atoms with Crippen molar-refractivity contribution >= 4 is 0 Å². The van der Waals surface area contributed by atoms with Crippen molar-refractivity contribution in [2.45, 2.75) is 58.5 Å². The fourth-order valence-electron chi connectivity index (χ4n) is 3.02. The molecule has 0 aromatic heterocycles. The van der Waals surface area contributed by atoms with Crippen LogP contribution in [0.15, 0.2) is 18.2 Å². The molecule has 112 valence electrons. The predicted octanol–water partition coefficient (Wildman–Crippen LogP) is 4.02. The van der Waals surface area contributed by atoms with Gasteiger partial charge in [-0.3, -0.25) is 0 Å². The number of hydrogen-bond acceptors (Lipinski definition) is 3. The van der Waals surface area contributed by atoms with Gasteiger partial charge in [0.2, 0.25) is 0 Å². The minimum atomic E-state index is 0.135. The van der Waals surface area contributed by atoms with Gasteiger partial charge in [0.25, 0.3) is 0 Å². The van der Waals surface area contributed by atoms with Gasteiger partial charge in [0, 0.05) is 17.6 Å². The summed E-state index contributed by atoms with van der Waals surface area (Å²) in [5.74, 6) is 1.12. The summed E-state index contributed by atoms with van der Waals surface area (Å²) < 4.78 is 5.24. The van der Waals surface area contributed by atoms with Gasteiger partial charge in [0.05, 0.1) is 7.11 Å². The fraction of sp³-hybridized carbons (Fsp3) is 0.647. The monoisotopic (exact) mass is 277 g/mol. The Labute approximate surface area is 122 Å². The van der Waals surface area contributed by atoms with E-state index in [2.05, 4.69) is 26.1 Å². The quantitative estimate of drug-likeness (QED) is 0.873. The smallest absolute Gasteiger partial charge is 0.120 e. The summed E-state index contributed by atoms with van der Waals surface area (Å²) in [6.45, 7) is 6.80. The third kappa shape index (κ3) is 3.66. The summed E-state index contributed by atoms with van der Waals surface area (Å²) in [6.07, 6.45) is 4.95. The van der Waals surface area contributed by atoms with Crippen molar-refractivity contribution in [2.75, 3.05) is 7.11 Å². The number of methoxy groups -OCH3 is 1. The maximum absolute atomic E-state index is 10.0. The van der Waals surface area contributed by atoms with Gasteiger partial charge in [0.1, 0.15) is 11.5 Å². The van der Waals surface area contributed by atoms with Gasteiger partial charge in [-0.15, -0.1) is 0 Å². The molecule has 0 bridgehead atoms. The lowest BCUT2D eigenvalue weighted by atomic mass is 9.75. The van der Waals surface area contributed by atoms with Crippen LogP contribution in [0.1, 0.15) is 58.1 Å². The van der Waals surface area contributed by atoms with Crippen LogP contribution in [0.3, 0.4) is 0 Å². The molecule has 1 aliphatic rings. The predicted molar refractivity (Wildman–Crippen MR) is 82.2 cm³/mol. The molecular formula is C17H27NO2. The Bertz CT molecular complexity index is 446. The maximum atomic E-state index is 10.0. The first kappa shape index (κ1) is 15.2. The second-order valence-corrected chi connectivity index (χ2v) is 6.75. The molecule has 0 amide bonds. The van der Waals surface area contributed by atoms with E-state index in [1.807, 2.05) is 6.07 Å². The van der Waals surface area contributed by atoms with Gasteiger partial charge < -0.3 is 15.2 Å². The molecule has 0 spiro atoms. The van der Waals surface area contributed by atoms with Crippen molar-refractivity contribution in [3.63, 3.8) is 0 Å². The number of hydrogen-bond donors (Lipinski definition) is 2. The first-order valence-corrected chi connectivity index (χ1v) is 7.54. The molecule has 1 fully saturated rings. The lowest BCUT2D eigenvalue weighted by Gasteiger charge is -2.36. The Morgan fingerprint density at radius 3 is 2.55 bits per heavy atom. The van der Waals surface area contributed by atoms with Crippen molar-refractivity contribution < 1.29 is 9.84 Å². The Morgan fingerprint density at radius 1 is 1.30 bits per heavy atom. The van der Waals surface area contributed by atoms with Crippen molar-refractivity contribution in [2.24, 2.45) is 5.41 Å². The molecule has 1 unspecified atom stereocenters. The Hall–Kier alpha value is -1.22. The van der Waals surface area contributed by atoms with Crippen molar-refractivity contribution in [3.8, 4) is 11.5 Å². The number of rotatable bonds is 4. The first-order valence-electron chi connectivity index (χ1n) is 7.54. The molecule has 1 saturated carbocycles. The largest absolute Gasteiger partial charge is 0.508 e. The van der Waals surface area contributed by atoms with Crippen LogP contribution in [0.5, 0.6) is 11.5 Å². The van der Waals surface area contributed by atoms with E-state index in [4.69, 9.17) is 4.74 Å². The molecule has 0 radical (unpaired) electrons. The second kappa shape index (κ2) is 6.04. The molecule has 3 heteroatoms. The van der Waals surface area contributed by atoms with Crippen molar-refractivity contribution in [1.29, 1.82) is 0 Å². The molecule has 2 N–H and O–H groups in total. The SMILES string of the molecule is COc1ccc(O)c(C(C)NC2CCC(C)(C)CC2)c1. The van der Waals surface area contributed by atoms with E-state index in [-0.39, 0.29) is 6.04 Å². The topological polar surface area (TPSA) is 41.5 Å². The van der Waals surface area contributed by atoms with E-state index in [0.29, 0.717) is 17.2 Å². The molecule has 20 heavy (non-hydrogen) atoms. The molecule has 0 saturated heterocycles. The van der Waals surface area contributed by atoms with Gasteiger partial charge in [0.15, 0.2) is 0 Å². The molecule has 3 nitrogen and oxygen atoms in total. The summed E-state index contributed by atoms with van der Waals surface area (Å²) in [7, 11) is 1.65. The Balaban J connectivity index is 2.00. The molecular weight excluding hydrogens is 250 g/mol. The molecule has 2 rings (SSSR count). The highest BCUT2D eigenvalue weighted by Crippen LogP contribution is 2.36. The van der Waals surface area contributed by atoms with Gasteiger partial charge in [-0.2, -0.15) is 0 Å². The average molecular weight is 277 g/mol. The summed E-state index contributed by atoms with van der Waals surface area (Å²) in [5.41, 5.74) is 1.40. The molecule has 1 atom stereocenters. The van der Waals surface area contributed by atoms with Crippen molar-refractivity contribution in [3.05, 3.63) is 23.8 Å². The maximum Gasteiger partial charge on any atom is 0.120 e. The van der Waals surface area contributed by atoms with E-state index in [1.165, 1.54) is 25.7 Å². The van der Waals surface area contributed by atoms with Crippen LogP contribution >= 0.6 is 0 Å². The van der Waals surface area contributed by atoms with Crippen LogP contribution in [-0.4, -0.2) is 18.3 Å². The van der Waals surface area contributed by atoms with Gasteiger partial charge >= 0.3 is 0 Å². The number of benzene rings is 1. The number of phenolic OH excluding ortho intramolecular Hbond substituents is 1. The van der Waals surface area contributed by atoms with Crippen LogP contribution in [0.4, 0.5) is 0 Å². The molecule has 1 aromatic carbocycles. The van der Waals surface area contributed by atoms with Crippen LogP contribution in [0.2, 0.25) is 0 Å². The van der Waals surface area contributed by atoms with Gasteiger partial charge in [-0.05, 0) is 56.2 Å². The lowest BCUT2D eigenvalue weighted by Crippen LogP contribution is -2.37. The van der Waals surface area contributed by atoms with Crippen LogP contribution in [-0.2, 0) is 0 Å². The third-order valence-electron chi connectivity index (χ3n) is 4.53. The molecule has 1 aliphatic carbocycles. The minimum absolute atomic E-state index is 0.135. The Morgan fingerprint density at radius 2 is 1.95 bits per heavy atom. The third-order valence-corrected chi connectivity index (χ3v) is 4.53. The number of nitrogens with one attached hydrogen (secondary N) is 1. The van der Waals surface area contributed by atoms with E-state index >= 15 is 0 Å². The molecule has 0 aliphatic heterocycles. The normalized spacial score (nSPS) is 20.6. The summed E-state index contributed by atoms with van der Waals surface area (Å²) in [5, 5.41) is 13.7. The van der Waals surface area contributed by atoms with Gasteiger partial charge in [-0.25, -0.2) is 0 Å². The fourth-order valence-corrected chi connectivity index (χ4v) is 3.02. The first-order chi connectivity index (χ1) is 9.41. The van der Waals surface area contributed by atoms with Crippen LogP contribution < -0.4 is 10.1 Å². The summed E-state index contributed by atoms with van der Waals surface area (Å²) in [4.78, 5) is 0. The van der Waals surface area contributed by atoms with E-state index in [0.717, 1.165) is 11.3 Å². The number of ether oxygens (including phenoxy) is 1. The van der Waals surface area contributed by atoms with Gasteiger partial charge in [-0.1, -0.05) is 13.8 Å². The zero-order valence-corrected chi connectivity index (χ0v) is 13.1. The number of phenols is 1. The average Bonchev–Trinajstić information content (AvgIpc) is 2.41. The lowest BCUT2D eigenvalue weighted by molar-refractivity contribution is 0.199. The Kier molecular flexibility index (Phi) is 4.59. The van der Waals surface area contributed by atoms with Crippen molar-refractivity contribution in [1.82, 2.24) is 5.32 Å². The highest BCUT2D eigenvalue weighted by molar-refractivity contribution is 5.41. The standard InChI is InChI=1S/C17H27NO2/c1-12(15-11-14(20-4)5-6-16(15)19)18-13-7-9-17(2,3)10-8-13/h5-6,11-13,18-19H,7-10H2,1-4H3. The molecule has 0 heterocycles. The minimum Gasteiger partial charge on any atom is -0.508 e. The van der Waals surface area contributed by atoms with E-state index in [1.54, 1.807) is 19.2 Å². The van der Waals surface area contributed by atoms with Crippen LogP contribution in [0.25, 0.3) is 0 Å². The zero-order chi connectivity index (χ0) is 14.8. The molecule has 1 aromatic rings.